The van der Waals surface area contributed by atoms with Crippen molar-refractivity contribution in [2.75, 3.05) is 6.54 Å². The fraction of sp³-hybridized carbons (Fsp3) is 0.438. The molecule has 0 radical (unpaired) electrons. The summed E-state index contributed by atoms with van der Waals surface area (Å²) >= 11 is 3.32. The van der Waals surface area contributed by atoms with Crippen molar-refractivity contribution in [1.29, 1.82) is 0 Å². The van der Waals surface area contributed by atoms with Crippen LogP contribution in [-0.4, -0.2) is 21.9 Å². The zero-order valence-electron chi connectivity index (χ0n) is 12.1. The second kappa shape index (κ2) is 6.10. The van der Waals surface area contributed by atoms with Crippen LogP contribution >= 0.6 is 15.9 Å². The molecule has 1 saturated heterocycles. The second-order valence-electron chi connectivity index (χ2n) is 5.52. The van der Waals surface area contributed by atoms with Gasteiger partial charge < -0.3 is 13.9 Å². The van der Waals surface area contributed by atoms with E-state index in [9.17, 15) is 4.79 Å². The van der Waals surface area contributed by atoms with Crippen LogP contribution in [0.1, 0.15) is 47.8 Å². The average molecular weight is 351 g/mol. The molecule has 1 amide bonds. The largest absolute Gasteiger partial charge is 0.457 e. The third kappa shape index (κ3) is 2.79. The number of hydrogen-bond acceptors (Lipinski definition) is 2. The van der Waals surface area contributed by atoms with Crippen molar-refractivity contribution in [2.24, 2.45) is 7.05 Å². The summed E-state index contributed by atoms with van der Waals surface area (Å²) in [5, 5.41) is 0. The minimum absolute atomic E-state index is 0.0451. The number of aryl methyl sites for hydroxylation is 1. The maximum absolute atomic E-state index is 12.9. The van der Waals surface area contributed by atoms with Crippen LogP contribution in [0.25, 0.3) is 0 Å². The van der Waals surface area contributed by atoms with Crippen molar-refractivity contribution >= 4 is 21.8 Å². The summed E-state index contributed by atoms with van der Waals surface area (Å²) in [7, 11) is 2.04. The molecule has 112 valence electrons. The molecule has 0 aromatic carbocycles. The highest BCUT2D eigenvalue weighted by Gasteiger charge is 2.30. The summed E-state index contributed by atoms with van der Waals surface area (Å²) < 4.78 is 7.85. The Kier molecular flexibility index (Phi) is 4.19. The van der Waals surface area contributed by atoms with Gasteiger partial charge in [0.15, 0.2) is 4.67 Å². The quantitative estimate of drug-likeness (QED) is 0.816. The number of aromatic nitrogens is 1. The molecule has 1 aliphatic heterocycles. The lowest BCUT2D eigenvalue weighted by Gasteiger charge is -2.30. The number of likely N-dealkylation sites (tertiary alicyclic amines) is 1. The van der Waals surface area contributed by atoms with E-state index in [4.69, 9.17) is 4.42 Å². The van der Waals surface area contributed by atoms with Crippen LogP contribution in [0.2, 0.25) is 0 Å². The van der Waals surface area contributed by atoms with Crippen LogP contribution in [0.3, 0.4) is 0 Å². The summed E-state index contributed by atoms with van der Waals surface area (Å²) in [6, 6.07) is 6.03. The topological polar surface area (TPSA) is 38.4 Å². The number of halogens is 1. The van der Waals surface area contributed by atoms with Crippen LogP contribution in [-0.2, 0) is 7.05 Å². The minimum atomic E-state index is 0.0451. The number of carbonyl (C=O) groups excluding carboxylic acids is 1. The molecular formula is C16H19BrN2O2. The van der Waals surface area contributed by atoms with Gasteiger partial charge in [-0.3, -0.25) is 4.79 Å². The third-order valence-electron chi connectivity index (χ3n) is 4.19. The fourth-order valence-electron chi connectivity index (χ4n) is 3.08. The predicted molar refractivity (Wildman–Crippen MR) is 84.1 cm³/mol. The zero-order valence-corrected chi connectivity index (χ0v) is 13.7. The molecule has 0 bridgehead atoms. The van der Waals surface area contributed by atoms with E-state index < -0.39 is 0 Å². The molecule has 0 saturated carbocycles. The minimum Gasteiger partial charge on any atom is -0.457 e. The zero-order chi connectivity index (χ0) is 14.8. The lowest BCUT2D eigenvalue weighted by Crippen LogP contribution is -2.35. The van der Waals surface area contributed by atoms with Gasteiger partial charge in [0.25, 0.3) is 5.91 Å². The summed E-state index contributed by atoms with van der Waals surface area (Å²) in [5.74, 6) is 0.0451. The van der Waals surface area contributed by atoms with Crippen molar-refractivity contribution in [1.82, 2.24) is 9.47 Å². The average Bonchev–Trinajstić information content (AvgIpc) is 3.00. The highest BCUT2D eigenvalue weighted by molar-refractivity contribution is 9.10. The highest BCUT2D eigenvalue weighted by Crippen LogP contribution is 2.32. The van der Waals surface area contributed by atoms with Crippen LogP contribution < -0.4 is 0 Å². The molecule has 2 aromatic heterocycles. The molecule has 1 aliphatic rings. The van der Waals surface area contributed by atoms with Gasteiger partial charge in [-0.1, -0.05) is 12.8 Å². The maximum Gasteiger partial charge on any atom is 0.258 e. The van der Waals surface area contributed by atoms with Crippen LogP contribution in [0.5, 0.6) is 0 Å². The third-order valence-corrected chi connectivity index (χ3v) is 4.80. The SMILES string of the molecule is Cn1cccc1C1CCCCCN1C(=O)c1ccoc1Br. The Balaban J connectivity index is 1.94. The van der Waals surface area contributed by atoms with E-state index in [-0.39, 0.29) is 11.9 Å². The molecule has 0 N–H and O–H groups in total. The molecule has 1 atom stereocenters. The first-order chi connectivity index (χ1) is 10.2. The molecule has 0 aliphatic carbocycles. The number of furan rings is 1. The van der Waals surface area contributed by atoms with E-state index in [2.05, 4.69) is 26.6 Å². The number of rotatable bonds is 2. The van der Waals surface area contributed by atoms with Crippen LogP contribution in [0.15, 0.2) is 39.7 Å². The highest BCUT2D eigenvalue weighted by atomic mass is 79.9. The van der Waals surface area contributed by atoms with E-state index in [1.807, 2.05) is 24.2 Å². The Morgan fingerprint density at radius 2 is 2.19 bits per heavy atom. The van der Waals surface area contributed by atoms with E-state index in [1.165, 1.54) is 12.1 Å². The Morgan fingerprint density at radius 3 is 2.86 bits per heavy atom. The normalized spacial score (nSPS) is 19.5. The first-order valence-corrected chi connectivity index (χ1v) is 8.13. The smallest absolute Gasteiger partial charge is 0.258 e. The van der Waals surface area contributed by atoms with Gasteiger partial charge in [0.1, 0.15) is 0 Å². The lowest BCUT2D eigenvalue weighted by atomic mass is 10.1. The Bertz CT molecular complexity index is 632. The first kappa shape index (κ1) is 14.4. The molecule has 5 heteroatoms. The number of carbonyl (C=O) groups is 1. The Labute approximate surface area is 132 Å². The van der Waals surface area contributed by atoms with E-state index in [1.54, 1.807) is 12.3 Å². The van der Waals surface area contributed by atoms with Gasteiger partial charge in [-0.05, 0) is 47.0 Å². The van der Waals surface area contributed by atoms with Crippen LogP contribution in [0, 0.1) is 0 Å². The molecule has 4 nitrogen and oxygen atoms in total. The summed E-state index contributed by atoms with van der Waals surface area (Å²) in [6.07, 6.45) is 7.99. The van der Waals surface area contributed by atoms with E-state index in [0.717, 1.165) is 25.8 Å². The van der Waals surface area contributed by atoms with Crippen molar-refractivity contribution in [3.63, 3.8) is 0 Å². The van der Waals surface area contributed by atoms with Crippen molar-refractivity contribution in [2.45, 2.75) is 31.7 Å². The molecule has 21 heavy (non-hydrogen) atoms. The predicted octanol–water partition coefficient (Wildman–Crippen LogP) is 4.14. The molecule has 0 spiro atoms. The van der Waals surface area contributed by atoms with E-state index in [0.29, 0.717) is 10.2 Å². The van der Waals surface area contributed by atoms with Gasteiger partial charge in [0.05, 0.1) is 17.9 Å². The number of hydrogen-bond donors (Lipinski definition) is 0. The van der Waals surface area contributed by atoms with Gasteiger partial charge in [-0.25, -0.2) is 0 Å². The molecule has 1 unspecified atom stereocenters. The van der Waals surface area contributed by atoms with Crippen molar-refractivity contribution < 1.29 is 9.21 Å². The van der Waals surface area contributed by atoms with Gasteiger partial charge in [-0.2, -0.15) is 0 Å². The monoisotopic (exact) mass is 350 g/mol. The first-order valence-electron chi connectivity index (χ1n) is 7.33. The molecule has 1 fully saturated rings. The summed E-state index contributed by atoms with van der Waals surface area (Å²) in [5.41, 5.74) is 1.81. The number of nitrogens with zero attached hydrogens (tertiary/aromatic N) is 2. The van der Waals surface area contributed by atoms with Gasteiger partial charge >= 0.3 is 0 Å². The van der Waals surface area contributed by atoms with Gasteiger partial charge in [-0.15, -0.1) is 0 Å². The summed E-state index contributed by atoms with van der Waals surface area (Å²) in [6.45, 7) is 0.798. The van der Waals surface area contributed by atoms with Crippen molar-refractivity contribution in [3.05, 3.63) is 46.6 Å². The molecule has 2 aromatic rings. The molecular weight excluding hydrogens is 332 g/mol. The fourth-order valence-corrected chi connectivity index (χ4v) is 3.49. The maximum atomic E-state index is 12.9. The van der Waals surface area contributed by atoms with Crippen LogP contribution in [0.4, 0.5) is 0 Å². The number of amides is 1. The lowest BCUT2D eigenvalue weighted by molar-refractivity contribution is 0.0672. The summed E-state index contributed by atoms with van der Waals surface area (Å²) in [4.78, 5) is 14.9. The second-order valence-corrected chi connectivity index (χ2v) is 6.24. The van der Waals surface area contributed by atoms with Gasteiger partial charge in [0, 0.05) is 25.5 Å². The molecule has 3 heterocycles. The Hall–Kier alpha value is -1.49. The molecule has 3 rings (SSSR count). The standard InChI is InChI=1S/C16H19BrN2O2/c1-18-9-5-7-13(18)14-6-3-2-4-10-19(14)16(20)12-8-11-21-15(12)17/h5,7-9,11,14H,2-4,6,10H2,1H3. The van der Waals surface area contributed by atoms with Crippen molar-refractivity contribution in [3.8, 4) is 0 Å². The van der Waals surface area contributed by atoms with Gasteiger partial charge in [0.2, 0.25) is 0 Å². The van der Waals surface area contributed by atoms with E-state index >= 15 is 0 Å². The Morgan fingerprint density at radius 1 is 1.33 bits per heavy atom.